The van der Waals surface area contributed by atoms with Crippen LogP contribution in [-0.2, 0) is 17.6 Å². The Bertz CT molecular complexity index is 1260. The molecule has 0 saturated heterocycles. The Morgan fingerprint density at radius 2 is 1.29 bits per heavy atom. The van der Waals surface area contributed by atoms with Crippen molar-refractivity contribution < 1.29 is 9.59 Å². The third-order valence-electron chi connectivity index (χ3n) is 5.29. The quantitative estimate of drug-likeness (QED) is 0.206. The van der Waals surface area contributed by atoms with Gasteiger partial charge < -0.3 is 11.5 Å². The smallest absolute Gasteiger partial charge is 0.247 e. The number of nitrogens with two attached hydrogens (primary N) is 2. The van der Waals surface area contributed by atoms with Crippen molar-refractivity contribution in [3.8, 4) is 0 Å². The molecule has 11 heteroatoms. The molecule has 180 valence electrons. The molecule has 2 aromatic heterocycles. The van der Waals surface area contributed by atoms with Gasteiger partial charge in [-0.1, -0.05) is 83.3 Å². The standard InChI is InChI=1S/C24H25N7O2S2/c25-19(15-9-3-1-4-10-15)21(32)23-30-28-17(34-23)13-7-8-14-18-29-31-24(35-18)27-22(33)20(26)16-11-5-2-6-12-16/h1-6,9-12,19-20H,7-8,13-14,25-26H2,(H,27,31,33). The summed E-state index contributed by atoms with van der Waals surface area (Å²) in [7, 11) is 0. The minimum atomic E-state index is -0.769. The van der Waals surface area contributed by atoms with Crippen molar-refractivity contribution in [1.82, 2.24) is 20.4 Å². The molecule has 35 heavy (non-hydrogen) atoms. The van der Waals surface area contributed by atoms with Gasteiger partial charge in [0.1, 0.15) is 16.1 Å². The molecule has 2 heterocycles. The maximum Gasteiger partial charge on any atom is 0.247 e. The van der Waals surface area contributed by atoms with Crippen molar-refractivity contribution >= 4 is 39.5 Å². The molecule has 0 aliphatic rings. The fourth-order valence-electron chi connectivity index (χ4n) is 3.35. The van der Waals surface area contributed by atoms with Gasteiger partial charge in [0.15, 0.2) is 5.01 Å². The number of nitrogens with one attached hydrogen (secondary N) is 1. The lowest BCUT2D eigenvalue weighted by atomic mass is 10.0. The summed E-state index contributed by atoms with van der Waals surface area (Å²) in [6.07, 6.45) is 3.15. The third kappa shape index (κ3) is 6.61. The van der Waals surface area contributed by atoms with Crippen molar-refractivity contribution in [2.75, 3.05) is 5.32 Å². The number of ketones is 1. The number of benzene rings is 2. The molecule has 0 fully saturated rings. The zero-order valence-corrected chi connectivity index (χ0v) is 20.5. The van der Waals surface area contributed by atoms with Gasteiger partial charge in [-0.2, -0.15) is 0 Å². The van der Waals surface area contributed by atoms with E-state index in [9.17, 15) is 9.59 Å². The number of rotatable bonds is 11. The van der Waals surface area contributed by atoms with Gasteiger partial charge in [0.2, 0.25) is 16.8 Å². The number of hydrogen-bond acceptors (Lipinski definition) is 10. The maximum atomic E-state index is 12.6. The summed E-state index contributed by atoms with van der Waals surface area (Å²) < 4.78 is 0. The van der Waals surface area contributed by atoms with Crippen LogP contribution in [0.2, 0.25) is 0 Å². The van der Waals surface area contributed by atoms with E-state index < -0.39 is 12.1 Å². The van der Waals surface area contributed by atoms with Gasteiger partial charge in [0.25, 0.3) is 0 Å². The Morgan fingerprint density at radius 3 is 1.91 bits per heavy atom. The molecule has 0 saturated carbocycles. The SMILES string of the molecule is NC(C(=O)Nc1nnc(CCCCc2nnc(C(=O)C(N)c3ccccc3)s2)s1)c1ccccc1. The average molecular weight is 508 g/mol. The molecule has 0 radical (unpaired) electrons. The fourth-order valence-corrected chi connectivity index (χ4v) is 5.00. The van der Waals surface area contributed by atoms with Crippen LogP contribution < -0.4 is 16.8 Å². The minimum absolute atomic E-state index is 0.227. The van der Waals surface area contributed by atoms with Crippen molar-refractivity contribution in [1.29, 1.82) is 0 Å². The molecular weight excluding hydrogens is 482 g/mol. The van der Waals surface area contributed by atoms with Crippen LogP contribution in [0.15, 0.2) is 60.7 Å². The summed E-state index contributed by atoms with van der Waals surface area (Å²) in [4.78, 5) is 25.0. The summed E-state index contributed by atoms with van der Waals surface area (Å²) in [6.45, 7) is 0. The van der Waals surface area contributed by atoms with Crippen LogP contribution in [0, 0.1) is 0 Å². The molecule has 2 atom stereocenters. The zero-order chi connectivity index (χ0) is 24.6. The van der Waals surface area contributed by atoms with Crippen LogP contribution in [0.3, 0.4) is 0 Å². The van der Waals surface area contributed by atoms with Crippen molar-refractivity contribution in [3.63, 3.8) is 0 Å². The summed E-state index contributed by atoms with van der Waals surface area (Å²) in [5.41, 5.74) is 13.6. The van der Waals surface area contributed by atoms with Crippen molar-refractivity contribution in [2.24, 2.45) is 11.5 Å². The van der Waals surface area contributed by atoms with Crippen LogP contribution in [0.25, 0.3) is 0 Å². The second-order valence-electron chi connectivity index (χ2n) is 7.84. The number of aryl methyl sites for hydroxylation is 2. The van der Waals surface area contributed by atoms with Gasteiger partial charge in [-0.15, -0.1) is 20.4 Å². The molecule has 1 amide bonds. The normalized spacial score (nSPS) is 12.7. The average Bonchev–Trinajstić information content (AvgIpc) is 3.56. The van der Waals surface area contributed by atoms with Crippen LogP contribution in [0.1, 0.15) is 55.9 Å². The van der Waals surface area contributed by atoms with Crippen LogP contribution in [0.4, 0.5) is 5.13 Å². The van der Waals surface area contributed by atoms with Crippen LogP contribution in [0.5, 0.6) is 0 Å². The molecule has 0 spiro atoms. The van der Waals surface area contributed by atoms with Gasteiger partial charge in [-0.05, 0) is 24.0 Å². The predicted molar refractivity (Wildman–Crippen MR) is 136 cm³/mol. The fraction of sp³-hybridized carbons (Fsp3) is 0.250. The highest BCUT2D eigenvalue weighted by molar-refractivity contribution is 7.15. The van der Waals surface area contributed by atoms with Gasteiger partial charge in [-0.3, -0.25) is 14.9 Å². The largest absolute Gasteiger partial charge is 0.317 e. The molecule has 9 nitrogen and oxygen atoms in total. The number of nitrogens with zero attached hydrogens (tertiary/aromatic N) is 4. The Balaban J connectivity index is 1.21. The lowest BCUT2D eigenvalue weighted by Gasteiger charge is -2.10. The van der Waals surface area contributed by atoms with Crippen molar-refractivity contribution in [2.45, 2.75) is 37.8 Å². The number of carbonyl (C=O) groups excluding carboxylic acids is 2. The minimum Gasteiger partial charge on any atom is -0.317 e. The summed E-state index contributed by atoms with van der Waals surface area (Å²) in [5.74, 6) is -0.553. The molecule has 0 aliphatic heterocycles. The molecule has 2 aromatic carbocycles. The van der Waals surface area contributed by atoms with E-state index in [1.165, 1.54) is 22.7 Å². The highest BCUT2D eigenvalue weighted by atomic mass is 32.1. The van der Waals surface area contributed by atoms with E-state index in [1.807, 2.05) is 60.7 Å². The maximum absolute atomic E-state index is 12.6. The first kappa shape index (κ1) is 24.7. The molecule has 2 unspecified atom stereocenters. The third-order valence-corrected chi connectivity index (χ3v) is 7.18. The Hall–Kier alpha value is -3.38. The Kier molecular flexibility index (Phi) is 8.37. The highest BCUT2D eigenvalue weighted by Crippen LogP contribution is 2.22. The summed E-state index contributed by atoms with van der Waals surface area (Å²) >= 11 is 2.62. The zero-order valence-electron chi connectivity index (χ0n) is 18.8. The number of hydrogen-bond donors (Lipinski definition) is 3. The number of carbonyl (C=O) groups is 2. The molecule has 0 bridgehead atoms. The molecule has 0 aliphatic carbocycles. The molecule has 4 rings (SSSR count). The van der Waals surface area contributed by atoms with E-state index >= 15 is 0 Å². The highest BCUT2D eigenvalue weighted by Gasteiger charge is 2.22. The Labute approximate surface area is 210 Å². The van der Waals surface area contributed by atoms with E-state index in [0.29, 0.717) is 16.6 Å². The van der Waals surface area contributed by atoms with E-state index in [0.717, 1.165) is 40.4 Å². The van der Waals surface area contributed by atoms with Gasteiger partial charge in [-0.25, -0.2) is 0 Å². The Morgan fingerprint density at radius 1 is 0.743 bits per heavy atom. The van der Waals surface area contributed by atoms with Gasteiger partial charge in [0.05, 0.1) is 6.04 Å². The van der Waals surface area contributed by atoms with Crippen LogP contribution in [-0.4, -0.2) is 32.1 Å². The predicted octanol–water partition coefficient (Wildman–Crippen LogP) is 3.48. The van der Waals surface area contributed by atoms with E-state index in [-0.39, 0.29) is 11.7 Å². The molecule has 4 aromatic rings. The molecular formula is C24H25N7O2S2. The van der Waals surface area contributed by atoms with E-state index in [4.69, 9.17) is 11.5 Å². The summed E-state index contributed by atoms with van der Waals surface area (Å²) in [5, 5.41) is 21.5. The monoisotopic (exact) mass is 507 g/mol. The first-order chi connectivity index (χ1) is 17.0. The number of unbranched alkanes of at least 4 members (excludes halogenated alkanes) is 1. The van der Waals surface area contributed by atoms with E-state index in [2.05, 4.69) is 25.7 Å². The first-order valence-corrected chi connectivity index (χ1v) is 12.8. The van der Waals surface area contributed by atoms with Crippen molar-refractivity contribution in [3.05, 3.63) is 86.8 Å². The number of amides is 1. The second-order valence-corrected chi connectivity index (χ2v) is 9.96. The number of aromatic nitrogens is 4. The van der Waals surface area contributed by atoms with E-state index in [1.54, 1.807) is 0 Å². The molecule has 5 N–H and O–H groups in total. The van der Waals surface area contributed by atoms with Gasteiger partial charge >= 0.3 is 0 Å². The lowest BCUT2D eigenvalue weighted by Crippen LogP contribution is -2.27. The number of anilines is 1. The summed E-state index contributed by atoms with van der Waals surface area (Å²) in [6, 6.07) is 16.9. The first-order valence-electron chi connectivity index (χ1n) is 11.1. The number of Topliss-reactive ketones (excluding diaryl/α,β-unsaturated/α-hetero) is 1. The van der Waals surface area contributed by atoms with Crippen LogP contribution >= 0.6 is 22.7 Å². The lowest BCUT2D eigenvalue weighted by molar-refractivity contribution is -0.117. The topological polar surface area (TPSA) is 150 Å². The van der Waals surface area contributed by atoms with Gasteiger partial charge in [0, 0.05) is 12.8 Å². The second kappa shape index (κ2) is 11.8.